The molecular weight excluding hydrogens is 528 g/mol. The van der Waals surface area contributed by atoms with Gasteiger partial charge in [-0.15, -0.1) is 0 Å². The van der Waals surface area contributed by atoms with Crippen molar-refractivity contribution in [3.05, 3.63) is 65.4 Å². The Hall–Kier alpha value is -2.48. The summed E-state index contributed by atoms with van der Waals surface area (Å²) in [5.74, 6) is 4.27. The first-order chi connectivity index (χ1) is 20.0. The number of carbonyl (C=O) groups excluding carboxylic acids is 1. The van der Waals surface area contributed by atoms with Crippen molar-refractivity contribution in [2.75, 3.05) is 23.7 Å². The lowest BCUT2D eigenvalue weighted by atomic mass is 9.54. The highest BCUT2D eigenvalue weighted by Gasteiger charge is 2.48. The van der Waals surface area contributed by atoms with Crippen LogP contribution in [0.2, 0.25) is 0 Å². The van der Waals surface area contributed by atoms with E-state index in [0.717, 1.165) is 59.2 Å². The van der Waals surface area contributed by atoms with Gasteiger partial charge in [-0.25, -0.2) is 0 Å². The SMILES string of the molecule is CCn1cc2c3c(cc(C(=O)N[C@@H](Cc4ccccc4)[C@H](O)CNC4C5CC6CC(C5)CC4C6)cc31)N(C)SCC2. The number of aromatic nitrogens is 1. The molecule has 1 aliphatic heterocycles. The van der Waals surface area contributed by atoms with Crippen LogP contribution in [0.25, 0.3) is 10.9 Å². The van der Waals surface area contributed by atoms with Crippen molar-refractivity contribution < 1.29 is 9.90 Å². The van der Waals surface area contributed by atoms with Gasteiger partial charge in [0.15, 0.2) is 0 Å². The molecule has 41 heavy (non-hydrogen) atoms. The maximum absolute atomic E-state index is 13.9. The van der Waals surface area contributed by atoms with Gasteiger partial charge >= 0.3 is 0 Å². The summed E-state index contributed by atoms with van der Waals surface area (Å²) in [5, 5.41) is 19.9. The Bertz CT molecular complexity index is 1380. The smallest absolute Gasteiger partial charge is 0.251 e. The number of aryl methyl sites for hydroxylation is 2. The molecule has 4 fully saturated rings. The molecule has 6 nitrogen and oxygen atoms in total. The van der Waals surface area contributed by atoms with E-state index in [1.165, 1.54) is 43.1 Å². The van der Waals surface area contributed by atoms with Gasteiger partial charge in [-0.2, -0.15) is 0 Å². The van der Waals surface area contributed by atoms with Crippen molar-refractivity contribution in [1.82, 2.24) is 15.2 Å². The van der Waals surface area contributed by atoms with Gasteiger partial charge in [0.25, 0.3) is 5.91 Å². The fourth-order valence-corrected chi connectivity index (χ4v) is 9.61. The summed E-state index contributed by atoms with van der Waals surface area (Å²) >= 11 is 1.80. The Balaban J connectivity index is 1.12. The number of amides is 1. The minimum atomic E-state index is -0.675. The van der Waals surface area contributed by atoms with Crippen molar-refractivity contribution >= 4 is 34.4 Å². The van der Waals surface area contributed by atoms with Crippen molar-refractivity contribution in [3.63, 3.8) is 0 Å². The lowest BCUT2D eigenvalue weighted by Crippen LogP contribution is -2.57. The van der Waals surface area contributed by atoms with Crippen LogP contribution in [-0.4, -0.2) is 53.1 Å². The average molecular weight is 573 g/mol. The molecule has 0 unspecified atom stereocenters. The van der Waals surface area contributed by atoms with E-state index < -0.39 is 6.10 Å². The second-order valence-electron chi connectivity index (χ2n) is 13.1. The van der Waals surface area contributed by atoms with E-state index in [1.807, 2.05) is 30.3 Å². The van der Waals surface area contributed by atoms with Crippen LogP contribution in [0.15, 0.2) is 48.7 Å². The summed E-state index contributed by atoms with van der Waals surface area (Å²) in [6.45, 7) is 3.53. The number of nitrogens with zero attached hydrogens (tertiary/aromatic N) is 2. The van der Waals surface area contributed by atoms with Crippen molar-refractivity contribution in [2.45, 2.75) is 76.6 Å². The topological polar surface area (TPSA) is 69.5 Å². The number of carbonyl (C=O) groups is 1. The summed E-state index contributed by atoms with van der Waals surface area (Å²) in [5.41, 5.74) is 5.34. The molecule has 0 saturated heterocycles. The van der Waals surface area contributed by atoms with Crippen LogP contribution >= 0.6 is 11.9 Å². The quantitative estimate of drug-likeness (QED) is 0.299. The number of rotatable bonds is 9. The Morgan fingerprint density at radius 1 is 1.07 bits per heavy atom. The third-order valence-corrected chi connectivity index (χ3v) is 11.5. The van der Waals surface area contributed by atoms with Gasteiger partial charge < -0.3 is 24.6 Å². The normalized spacial score (nSPS) is 28.1. The second kappa shape index (κ2) is 11.3. The maximum Gasteiger partial charge on any atom is 0.251 e. The molecule has 4 aliphatic carbocycles. The Labute approximate surface area is 248 Å². The summed E-state index contributed by atoms with van der Waals surface area (Å²) in [6, 6.07) is 14.4. The molecule has 0 radical (unpaired) electrons. The number of aliphatic hydroxyl groups excluding tert-OH is 1. The summed E-state index contributed by atoms with van der Waals surface area (Å²) < 4.78 is 4.47. The summed E-state index contributed by atoms with van der Waals surface area (Å²) in [7, 11) is 2.09. The van der Waals surface area contributed by atoms with E-state index in [2.05, 4.69) is 51.8 Å². The van der Waals surface area contributed by atoms with Gasteiger partial charge in [0.2, 0.25) is 0 Å². The minimum absolute atomic E-state index is 0.120. The third-order valence-electron chi connectivity index (χ3n) is 10.5. The molecule has 3 N–H and O–H groups in total. The fraction of sp³-hybridized carbons (Fsp3) is 0.559. The van der Waals surface area contributed by atoms with Crippen LogP contribution in [0.4, 0.5) is 5.69 Å². The summed E-state index contributed by atoms with van der Waals surface area (Å²) in [4.78, 5) is 13.9. The average Bonchev–Trinajstić information content (AvgIpc) is 3.25. The van der Waals surface area contributed by atoms with E-state index in [1.54, 1.807) is 11.9 Å². The van der Waals surface area contributed by atoms with Gasteiger partial charge in [0, 0.05) is 49.1 Å². The molecule has 3 aromatic rings. The zero-order valence-electron chi connectivity index (χ0n) is 24.4. The van der Waals surface area contributed by atoms with Crippen molar-refractivity contribution in [1.29, 1.82) is 0 Å². The van der Waals surface area contributed by atoms with Crippen molar-refractivity contribution in [3.8, 4) is 0 Å². The van der Waals surface area contributed by atoms with Crippen LogP contribution in [0.3, 0.4) is 0 Å². The highest BCUT2D eigenvalue weighted by molar-refractivity contribution is 8.00. The van der Waals surface area contributed by atoms with E-state index >= 15 is 0 Å². The van der Waals surface area contributed by atoms with Gasteiger partial charge in [0.05, 0.1) is 23.3 Å². The first-order valence-electron chi connectivity index (χ1n) is 15.8. The molecule has 1 aromatic heterocycles. The third kappa shape index (κ3) is 5.30. The van der Waals surface area contributed by atoms with E-state index in [-0.39, 0.29) is 11.9 Å². The van der Waals surface area contributed by atoms with Crippen LogP contribution in [0.1, 0.15) is 60.5 Å². The maximum atomic E-state index is 13.9. The molecule has 7 heteroatoms. The number of anilines is 1. The van der Waals surface area contributed by atoms with Gasteiger partial charge in [-0.05, 0) is 111 Å². The molecule has 2 atom stereocenters. The van der Waals surface area contributed by atoms with Crippen LogP contribution in [0, 0.1) is 23.7 Å². The molecule has 2 aromatic carbocycles. The first kappa shape index (κ1) is 27.4. The molecule has 4 saturated carbocycles. The fourth-order valence-electron chi connectivity index (χ4n) is 8.74. The zero-order chi connectivity index (χ0) is 28.1. The predicted octanol–water partition coefficient (Wildman–Crippen LogP) is 5.42. The number of hydrogen-bond donors (Lipinski definition) is 3. The Morgan fingerprint density at radius 3 is 2.51 bits per heavy atom. The van der Waals surface area contributed by atoms with Gasteiger partial charge in [-0.1, -0.05) is 30.3 Å². The zero-order valence-corrected chi connectivity index (χ0v) is 25.2. The number of nitrogens with one attached hydrogen (secondary N) is 2. The molecule has 1 amide bonds. The lowest BCUT2D eigenvalue weighted by Gasteiger charge is -2.54. The van der Waals surface area contributed by atoms with Crippen LogP contribution in [0.5, 0.6) is 0 Å². The van der Waals surface area contributed by atoms with E-state index in [0.29, 0.717) is 24.6 Å². The molecular formula is C34H44N4O2S. The van der Waals surface area contributed by atoms with Gasteiger partial charge in [0.1, 0.15) is 0 Å². The molecule has 8 rings (SSSR count). The molecule has 4 bridgehead atoms. The Kier molecular flexibility index (Phi) is 7.55. The highest BCUT2D eigenvalue weighted by Crippen LogP contribution is 2.53. The monoisotopic (exact) mass is 572 g/mol. The number of hydrogen-bond acceptors (Lipinski definition) is 5. The molecule has 5 aliphatic rings. The van der Waals surface area contributed by atoms with Gasteiger partial charge in [-0.3, -0.25) is 4.79 Å². The largest absolute Gasteiger partial charge is 0.390 e. The highest BCUT2D eigenvalue weighted by atomic mass is 32.2. The molecule has 2 heterocycles. The minimum Gasteiger partial charge on any atom is -0.390 e. The standard InChI is InChI=1S/C34H44N4O2S/c1-3-38-20-24-9-10-41-37(2)29-17-27(18-30(38)32(24)29)34(40)36-28(16-21-7-5-4-6-8-21)31(39)19-35-33-25-12-22-11-23(14-25)15-26(33)13-22/h4-8,17-18,20,22-23,25-26,28,31,33,35,39H,3,9-16,19H2,1-2H3,(H,36,40)/t22?,23?,25?,26?,28-,31+,33?/m0/s1. The molecule has 0 spiro atoms. The van der Waals surface area contributed by atoms with Crippen LogP contribution < -0.4 is 14.9 Å². The number of aliphatic hydroxyl groups is 1. The van der Waals surface area contributed by atoms with Crippen LogP contribution in [-0.2, 0) is 19.4 Å². The number of benzene rings is 2. The summed E-state index contributed by atoms with van der Waals surface area (Å²) in [6.07, 6.45) is 10.1. The van der Waals surface area contributed by atoms with E-state index in [9.17, 15) is 9.90 Å². The van der Waals surface area contributed by atoms with Crippen molar-refractivity contribution in [2.24, 2.45) is 23.7 Å². The first-order valence-corrected chi connectivity index (χ1v) is 16.7. The molecule has 218 valence electrons. The lowest BCUT2D eigenvalue weighted by molar-refractivity contribution is -0.0185. The van der Waals surface area contributed by atoms with E-state index in [4.69, 9.17) is 0 Å². The Morgan fingerprint density at radius 2 is 1.80 bits per heavy atom. The second-order valence-corrected chi connectivity index (χ2v) is 14.3. The predicted molar refractivity (Wildman–Crippen MR) is 168 cm³/mol.